The molecule has 0 radical (unpaired) electrons. The van der Waals surface area contributed by atoms with Gasteiger partial charge in [-0.15, -0.1) is 0 Å². The molecule has 0 amide bonds. The molecule has 118 valence electrons. The van der Waals surface area contributed by atoms with E-state index in [1.807, 2.05) is 12.1 Å². The molecular formula is C19H25NO2. The van der Waals surface area contributed by atoms with Gasteiger partial charge in [-0.3, -0.25) is 0 Å². The number of hydrogen-bond acceptors (Lipinski definition) is 3. The van der Waals surface area contributed by atoms with Crippen LogP contribution in [0.1, 0.15) is 30.0 Å². The fraction of sp³-hybridized carbons (Fsp3) is 0.368. The molecule has 0 bridgehead atoms. The summed E-state index contributed by atoms with van der Waals surface area (Å²) in [7, 11) is 1.68. The van der Waals surface area contributed by atoms with Crippen molar-refractivity contribution in [3.05, 3.63) is 59.2 Å². The van der Waals surface area contributed by atoms with Crippen LogP contribution in [0.4, 0.5) is 0 Å². The molecule has 0 spiro atoms. The van der Waals surface area contributed by atoms with E-state index in [4.69, 9.17) is 9.47 Å². The number of benzene rings is 2. The van der Waals surface area contributed by atoms with Crippen LogP contribution in [0.2, 0.25) is 0 Å². The molecule has 0 saturated carbocycles. The van der Waals surface area contributed by atoms with Crippen LogP contribution in [0.3, 0.4) is 0 Å². The van der Waals surface area contributed by atoms with Gasteiger partial charge in [0.2, 0.25) is 0 Å². The third-order valence-corrected chi connectivity index (χ3v) is 3.62. The Kier molecular flexibility index (Phi) is 6.28. The van der Waals surface area contributed by atoms with Crippen LogP contribution in [0, 0.1) is 6.92 Å². The van der Waals surface area contributed by atoms with E-state index in [9.17, 15) is 0 Å². The average Bonchev–Trinajstić information content (AvgIpc) is 2.55. The van der Waals surface area contributed by atoms with E-state index < -0.39 is 0 Å². The Morgan fingerprint density at radius 2 is 1.68 bits per heavy atom. The molecule has 0 heterocycles. The molecule has 0 aliphatic carbocycles. The number of hydrogen-bond donors (Lipinski definition) is 1. The van der Waals surface area contributed by atoms with E-state index in [0.29, 0.717) is 6.61 Å². The van der Waals surface area contributed by atoms with Gasteiger partial charge < -0.3 is 14.8 Å². The zero-order valence-electron chi connectivity index (χ0n) is 13.7. The minimum Gasteiger partial charge on any atom is -0.493 e. The predicted octanol–water partition coefficient (Wildman–Crippen LogP) is 4.08. The van der Waals surface area contributed by atoms with Gasteiger partial charge in [0.25, 0.3) is 0 Å². The molecule has 0 atom stereocenters. The van der Waals surface area contributed by atoms with Crippen LogP contribution in [0.25, 0.3) is 0 Å². The molecule has 0 aromatic heterocycles. The summed E-state index contributed by atoms with van der Waals surface area (Å²) in [4.78, 5) is 0. The number of aryl methyl sites for hydroxylation is 1. The third-order valence-electron chi connectivity index (χ3n) is 3.62. The SMILES string of the molecule is CCCOc1c(CNCc2ccccc2C)cccc1OC. The quantitative estimate of drug-likeness (QED) is 0.796. The first-order valence-corrected chi connectivity index (χ1v) is 7.80. The molecule has 0 saturated heterocycles. The molecule has 0 fully saturated rings. The number of rotatable bonds is 8. The standard InChI is InChI=1S/C19H25NO2/c1-4-12-22-19-17(10-7-11-18(19)21-3)14-20-13-16-9-6-5-8-15(16)2/h5-11,20H,4,12-14H2,1-3H3. The van der Waals surface area contributed by atoms with Crippen molar-refractivity contribution in [1.82, 2.24) is 5.32 Å². The summed E-state index contributed by atoms with van der Waals surface area (Å²) in [5.41, 5.74) is 3.76. The summed E-state index contributed by atoms with van der Waals surface area (Å²) >= 11 is 0. The summed E-state index contributed by atoms with van der Waals surface area (Å²) < 4.78 is 11.3. The highest BCUT2D eigenvalue weighted by Gasteiger charge is 2.10. The van der Waals surface area contributed by atoms with Crippen molar-refractivity contribution in [2.75, 3.05) is 13.7 Å². The van der Waals surface area contributed by atoms with Crippen LogP contribution in [-0.4, -0.2) is 13.7 Å². The van der Waals surface area contributed by atoms with Gasteiger partial charge in [-0.2, -0.15) is 0 Å². The van der Waals surface area contributed by atoms with Crippen molar-refractivity contribution in [2.45, 2.75) is 33.4 Å². The molecular weight excluding hydrogens is 274 g/mol. The Hall–Kier alpha value is -2.00. The molecule has 0 unspecified atom stereocenters. The maximum atomic E-state index is 5.87. The maximum Gasteiger partial charge on any atom is 0.165 e. The summed E-state index contributed by atoms with van der Waals surface area (Å²) in [5.74, 6) is 1.65. The van der Waals surface area contributed by atoms with E-state index in [0.717, 1.165) is 36.6 Å². The van der Waals surface area contributed by atoms with Crippen molar-refractivity contribution < 1.29 is 9.47 Å². The minimum atomic E-state index is 0.700. The Balaban J connectivity index is 2.04. The fourth-order valence-electron chi connectivity index (χ4n) is 2.37. The Labute approximate surface area is 133 Å². The van der Waals surface area contributed by atoms with Gasteiger partial charge in [0.05, 0.1) is 13.7 Å². The molecule has 2 aromatic carbocycles. The first-order valence-electron chi connectivity index (χ1n) is 7.80. The molecule has 0 aliphatic rings. The second kappa shape index (κ2) is 8.44. The predicted molar refractivity (Wildman–Crippen MR) is 90.5 cm³/mol. The summed E-state index contributed by atoms with van der Waals surface area (Å²) in [5, 5.41) is 3.49. The molecule has 1 N–H and O–H groups in total. The van der Waals surface area contributed by atoms with Gasteiger partial charge in [-0.05, 0) is 30.5 Å². The summed E-state index contributed by atoms with van der Waals surface area (Å²) in [6.45, 7) is 6.54. The van der Waals surface area contributed by atoms with Gasteiger partial charge in [-0.25, -0.2) is 0 Å². The largest absolute Gasteiger partial charge is 0.493 e. The van der Waals surface area contributed by atoms with Crippen molar-refractivity contribution >= 4 is 0 Å². The lowest BCUT2D eigenvalue weighted by atomic mass is 10.1. The second-order valence-electron chi connectivity index (χ2n) is 5.33. The number of para-hydroxylation sites is 1. The van der Waals surface area contributed by atoms with Crippen molar-refractivity contribution in [2.24, 2.45) is 0 Å². The first-order chi connectivity index (χ1) is 10.8. The molecule has 2 aromatic rings. The highest BCUT2D eigenvalue weighted by molar-refractivity contribution is 5.46. The normalized spacial score (nSPS) is 10.5. The first kappa shape index (κ1) is 16.4. The molecule has 3 heteroatoms. The van der Waals surface area contributed by atoms with Crippen LogP contribution in [-0.2, 0) is 13.1 Å². The van der Waals surface area contributed by atoms with E-state index in [2.05, 4.69) is 49.5 Å². The van der Waals surface area contributed by atoms with Crippen LogP contribution >= 0.6 is 0 Å². The van der Waals surface area contributed by atoms with Crippen LogP contribution in [0.15, 0.2) is 42.5 Å². The van der Waals surface area contributed by atoms with Gasteiger partial charge >= 0.3 is 0 Å². The summed E-state index contributed by atoms with van der Waals surface area (Å²) in [6, 6.07) is 14.5. The van der Waals surface area contributed by atoms with E-state index in [-0.39, 0.29) is 0 Å². The van der Waals surface area contributed by atoms with Gasteiger partial charge in [-0.1, -0.05) is 43.3 Å². The zero-order valence-corrected chi connectivity index (χ0v) is 13.7. The van der Waals surface area contributed by atoms with E-state index >= 15 is 0 Å². The topological polar surface area (TPSA) is 30.5 Å². The van der Waals surface area contributed by atoms with Crippen LogP contribution in [0.5, 0.6) is 11.5 Å². The zero-order chi connectivity index (χ0) is 15.8. The van der Waals surface area contributed by atoms with Gasteiger partial charge in [0.15, 0.2) is 11.5 Å². The fourth-order valence-corrected chi connectivity index (χ4v) is 2.37. The lowest BCUT2D eigenvalue weighted by Crippen LogP contribution is -2.14. The minimum absolute atomic E-state index is 0.700. The van der Waals surface area contributed by atoms with Gasteiger partial charge in [0.1, 0.15) is 0 Å². The Morgan fingerprint density at radius 3 is 2.41 bits per heavy atom. The number of methoxy groups -OCH3 is 1. The molecule has 22 heavy (non-hydrogen) atoms. The van der Waals surface area contributed by atoms with Gasteiger partial charge in [0, 0.05) is 18.7 Å². The highest BCUT2D eigenvalue weighted by Crippen LogP contribution is 2.31. The Morgan fingerprint density at radius 1 is 0.955 bits per heavy atom. The van der Waals surface area contributed by atoms with E-state index in [1.165, 1.54) is 11.1 Å². The maximum absolute atomic E-state index is 5.87. The highest BCUT2D eigenvalue weighted by atomic mass is 16.5. The molecule has 0 aliphatic heterocycles. The summed E-state index contributed by atoms with van der Waals surface area (Å²) in [6.07, 6.45) is 0.980. The Bertz CT molecular complexity index is 596. The average molecular weight is 299 g/mol. The molecule has 2 rings (SSSR count). The van der Waals surface area contributed by atoms with Crippen molar-refractivity contribution in [3.8, 4) is 11.5 Å². The van der Waals surface area contributed by atoms with Crippen molar-refractivity contribution in [1.29, 1.82) is 0 Å². The third kappa shape index (κ3) is 4.25. The second-order valence-corrected chi connectivity index (χ2v) is 5.33. The van der Waals surface area contributed by atoms with Crippen molar-refractivity contribution in [3.63, 3.8) is 0 Å². The lowest BCUT2D eigenvalue weighted by molar-refractivity contribution is 0.290. The lowest BCUT2D eigenvalue weighted by Gasteiger charge is -2.15. The smallest absolute Gasteiger partial charge is 0.165 e. The van der Waals surface area contributed by atoms with E-state index in [1.54, 1.807) is 7.11 Å². The van der Waals surface area contributed by atoms with Crippen LogP contribution < -0.4 is 14.8 Å². The number of nitrogens with one attached hydrogen (secondary N) is 1. The monoisotopic (exact) mass is 299 g/mol. The number of ether oxygens (including phenoxy) is 2. The molecule has 3 nitrogen and oxygen atoms in total.